The Hall–Kier alpha value is -2.19. The van der Waals surface area contributed by atoms with Gasteiger partial charge in [-0.25, -0.2) is 14.1 Å². The highest BCUT2D eigenvalue weighted by atomic mass is 79.9. The summed E-state index contributed by atoms with van der Waals surface area (Å²) in [6.45, 7) is 4.38. The third-order valence-electron chi connectivity index (χ3n) is 6.73. The smallest absolute Gasteiger partial charge is 0.417 e. The molecular formula is C27H28Br2FNO4. The van der Waals surface area contributed by atoms with Gasteiger partial charge < -0.3 is 9.47 Å². The van der Waals surface area contributed by atoms with Crippen LogP contribution in [0.4, 0.5) is 9.18 Å². The van der Waals surface area contributed by atoms with Crippen LogP contribution in [-0.2, 0) is 16.1 Å². The fraction of sp³-hybridized carbons (Fsp3) is 0.407. The van der Waals surface area contributed by atoms with Gasteiger partial charge in [0.1, 0.15) is 29.6 Å². The molecule has 35 heavy (non-hydrogen) atoms. The van der Waals surface area contributed by atoms with Crippen LogP contribution in [0.25, 0.3) is 0 Å². The molecule has 1 heterocycles. The van der Waals surface area contributed by atoms with Gasteiger partial charge in [0.05, 0.1) is 10.5 Å². The normalized spacial score (nSPS) is 23.6. The molecule has 8 heteroatoms. The standard InChI is InChI=1S/C27H28Br2FNO4/c1-16-8-10-19(11-9-16)23-15-35-27(33)31(23)26(32)25(29)17(2)20-12-21(28)24(13-22(20)30)34-14-18-6-4-3-5-7-18/h3-8,10,12-13,16-17,19,23,25H,9,11,14-15H2,1-2H3/t16?,17-,19?,23-,25+/m0/s1. The van der Waals surface area contributed by atoms with Gasteiger partial charge in [-0.15, -0.1) is 0 Å². The summed E-state index contributed by atoms with van der Waals surface area (Å²) in [5.74, 6) is -0.524. The molecule has 186 valence electrons. The molecule has 2 unspecified atom stereocenters. The number of hydrogen-bond donors (Lipinski definition) is 0. The van der Waals surface area contributed by atoms with Gasteiger partial charge in [-0.2, -0.15) is 0 Å². The number of nitrogens with zero attached hydrogens (tertiary/aromatic N) is 1. The highest BCUT2D eigenvalue weighted by molar-refractivity contribution is 9.10. The number of benzene rings is 2. The largest absolute Gasteiger partial charge is 0.488 e. The number of amides is 2. The average Bonchev–Trinajstić information content (AvgIpc) is 3.25. The lowest BCUT2D eigenvalue weighted by atomic mass is 9.84. The number of carbonyl (C=O) groups is 2. The highest BCUT2D eigenvalue weighted by Crippen LogP contribution is 2.37. The Labute approximate surface area is 221 Å². The van der Waals surface area contributed by atoms with Gasteiger partial charge in [0, 0.05) is 17.9 Å². The van der Waals surface area contributed by atoms with E-state index in [1.54, 1.807) is 13.0 Å². The number of imide groups is 1. The van der Waals surface area contributed by atoms with Crippen LogP contribution in [0, 0.1) is 17.7 Å². The van der Waals surface area contributed by atoms with Gasteiger partial charge in [0.2, 0.25) is 5.91 Å². The molecule has 5 nitrogen and oxygen atoms in total. The van der Waals surface area contributed by atoms with Gasteiger partial charge in [-0.05, 0) is 51.9 Å². The minimum atomic E-state index is -0.806. The van der Waals surface area contributed by atoms with E-state index >= 15 is 4.39 Å². The van der Waals surface area contributed by atoms with Crippen LogP contribution in [0.1, 0.15) is 43.7 Å². The zero-order valence-electron chi connectivity index (χ0n) is 19.6. The van der Waals surface area contributed by atoms with Crippen molar-refractivity contribution in [2.45, 2.75) is 50.1 Å². The van der Waals surface area contributed by atoms with E-state index in [-0.39, 0.29) is 18.6 Å². The molecule has 2 aliphatic rings. The van der Waals surface area contributed by atoms with Crippen LogP contribution in [0.2, 0.25) is 0 Å². The number of ether oxygens (including phenoxy) is 2. The molecule has 1 aliphatic heterocycles. The summed E-state index contributed by atoms with van der Waals surface area (Å²) in [6, 6.07) is 12.2. The van der Waals surface area contributed by atoms with Crippen molar-refractivity contribution in [3.8, 4) is 5.75 Å². The Morgan fingerprint density at radius 3 is 2.66 bits per heavy atom. The molecule has 4 rings (SSSR count). The second-order valence-electron chi connectivity index (χ2n) is 9.22. The number of alkyl halides is 1. The summed E-state index contributed by atoms with van der Waals surface area (Å²) in [6.07, 6.45) is 5.45. The van der Waals surface area contributed by atoms with Crippen LogP contribution in [-0.4, -0.2) is 34.4 Å². The maximum atomic E-state index is 15.1. The van der Waals surface area contributed by atoms with Crippen LogP contribution in [0.15, 0.2) is 59.1 Å². The molecule has 0 aromatic heterocycles. The molecule has 0 N–H and O–H groups in total. The van der Waals surface area contributed by atoms with E-state index in [0.717, 1.165) is 18.4 Å². The Kier molecular flexibility index (Phi) is 8.32. The molecule has 2 aromatic rings. The van der Waals surface area contributed by atoms with Crippen LogP contribution in [0.5, 0.6) is 5.75 Å². The van der Waals surface area contributed by atoms with Gasteiger partial charge in [-0.3, -0.25) is 4.79 Å². The van der Waals surface area contributed by atoms with Gasteiger partial charge in [0.15, 0.2) is 0 Å². The van der Waals surface area contributed by atoms with Crippen molar-refractivity contribution in [2.24, 2.45) is 11.8 Å². The Morgan fingerprint density at radius 1 is 1.23 bits per heavy atom. The number of hydrogen-bond acceptors (Lipinski definition) is 4. The van der Waals surface area contributed by atoms with E-state index in [0.29, 0.717) is 28.3 Å². The summed E-state index contributed by atoms with van der Waals surface area (Å²) >= 11 is 6.92. The average molecular weight is 609 g/mol. The van der Waals surface area contributed by atoms with Crippen molar-refractivity contribution in [1.29, 1.82) is 0 Å². The van der Waals surface area contributed by atoms with Crippen molar-refractivity contribution in [1.82, 2.24) is 4.90 Å². The highest BCUT2D eigenvalue weighted by Gasteiger charge is 2.45. The molecule has 5 atom stereocenters. The van der Waals surface area contributed by atoms with Crippen LogP contribution >= 0.6 is 31.9 Å². The van der Waals surface area contributed by atoms with E-state index < -0.39 is 28.6 Å². The number of cyclic esters (lactones) is 1. The SMILES string of the molecule is CC1C=CC([C@@H]2COC(=O)N2C(=O)[C@H](Br)[C@@H](C)c2cc(Br)c(OCc3ccccc3)cc2F)CC1. The van der Waals surface area contributed by atoms with E-state index in [9.17, 15) is 9.59 Å². The maximum absolute atomic E-state index is 15.1. The number of halogens is 3. The minimum absolute atomic E-state index is 0.0588. The maximum Gasteiger partial charge on any atom is 0.417 e. The number of carbonyl (C=O) groups excluding carboxylic acids is 2. The topological polar surface area (TPSA) is 55.8 Å². The van der Waals surface area contributed by atoms with Crippen molar-refractivity contribution < 1.29 is 23.5 Å². The second kappa shape index (κ2) is 11.2. The van der Waals surface area contributed by atoms with Crippen LogP contribution in [0.3, 0.4) is 0 Å². The molecule has 0 saturated carbocycles. The number of allylic oxidation sites excluding steroid dienone is 1. The molecule has 0 bridgehead atoms. The predicted octanol–water partition coefficient (Wildman–Crippen LogP) is 6.98. The Morgan fingerprint density at radius 2 is 1.97 bits per heavy atom. The summed E-state index contributed by atoms with van der Waals surface area (Å²) in [7, 11) is 0. The van der Waals surface area contributed by atoms with Crippen molar-refractivity contribution in [2.75, 3.05) is 6.61 Å². The Balaban J connectivity index is 1.48. The summed E-state index contributed by atoms with van der Waals surface area (Å²) < 4.78 is 26.8. The fourth-order valence-electron chi connectivity index (χ4n) is 4.55. The third-order valence-corrected chi connectivity index (χ3v) is 8.54. The van der Waals surface area contributed by atoms with E-state index in [1.165, 1.54) is 11.0 Å². The molecule has 2 amide bonds. The van der Waals surface area contributed by atoms with E-state index in [2.05, 4.69) is 50.9 Å². The minimum Gasteiger partial charge on any atom is -0.488 e. The van der Waals surface area contributed by atoms with E-state index in [4.69, 9.17) is 9.47 Å². The fourth-order valence-corrected chi connectivity index (χ4v) is 5.53. The third kappa shape index (κ3) is 5.80. The molecular weight excluding hydrogens is 581 g/mol. The van der Waals surface area contributed by atoms with Gasteiger partial charge in [0.25, 0.3) is 0 Å². The first-order chi connectivity index (χ1) is 16.8. The zero-order chi connectivity index (χ0) is 25.1. The van der Waals surface area contributed by atoms with Crippen LogP contribution < -0.4 is 4.74 Å². The lowest BCUT2D eigenvalue weighted by molar-refractivity contribution is -0.129. The predicted molar refractivity (Wildman–Crippen MR) is 139 cm³/mol. The quantitative estimate of drug-likeness (QED) is 0.251. The molecule has 1 aliphatic carbocycles. The summed E-state index contributed by atoms with van der Waals surface area (Å²) in [4.78, 5) is 26.3. The molecule has 1 saturated heterocycles. The molecule has 0 spiro atoms. The van der Waals surface area contributed by atoms with Gasteiger partial charge in [-0.1, -0.05) is 72.3 Å². The van der Waals surface area contributed by atoms with Crippen molar-refractivity contribution >= 4 is 43.9 Å². The first kappa shape index (κ1) is 25.9. The lowest BCUT2D eigenvalue weighted by Gasteiger charge is -2.31. The Bertz CT molecular complexity index is 1110. The molecule has 2 aromatic carbocycles. The first-order valence-corrected chi connectivity index (χ1v) is 13.4. The monoisotopic (exact) mass is 607 g/mol. The lowest BCUT2D eigenvalue weighted by Crippen LogP contribution is -2.47. The molecule has 0 radical (unpaired) electrons. The van der Waals surface area contributed by atoms with Crippen molar-refractivity contribution in [3.63, 3.8) is 0 Å². The molecule has 1 fully saturated rings. The van der Waals surface area contributed by atoms with Gasteiger partial charge >= 0.3 is 6.09 Å². The number of rotatable bonds is 7. The summed E-state index contributed by atoms with van der Waals surface area (Å²) in [5, 5.41) is 0. The van der Waals surface area contributed by atoms with E-state index in [1.807, 2.05) is 30.3 Å². The second-order valence-corrected chi connectivity index (χ2v) is 11.1. The zero-order valence-corrected chi connectivity index (χ0v) is 22.8. The summed E-state index contributed by atoms with van der Waals surface area (Å²) in [5.41, 5.74) is 1.31. The van der Waals surface area contributed by atoms with Crippen molar-refractivity contribution in [3.05, 3.63) is 76.0 Å². The first-order valence-electron chi connectivity index (χ1n) is 11.7.